The fraction of sp³-hybridized carbons (Fsp3) is 0.714. The standard InChI is InChI=1S/C7H13NO3/c9-5-2-1-3-8-4-6(10)7(5)11/h1-2,5-11H,3-4H2/b2-1-/t5-,6+,7+/m1/s1. The Morgan fingerprint density at radius 1 is 1.27 bits per heavy atom. The minimum absolute atomic E-state index is 0.308. The molecule has 64 valence electrons. The molecule has 4 N–H and O–H groups in total. The van der Waals surface area contributed by atoms with Crippen molar-refractivity contribution in [3.8, 4) is 0 Å². The smallest absolute Gasteiger partial charge is 0.111 e. The van der Waals surface area contributed by atoms with E-state index in [1.807, 2.05) is 0 Å². The largest absolute Gasteiger partial charge is 0.389 e. The molecule has 0 aliphatic carbocycles. The van der Waals surface area contributed by atoms with Crippen LogP contribution >= 0.6 is 0 Å². The minimum Gasteiger partial charge on any atom is -0.389 e. The maximum Gasteiger partial charge on any atom is 0.111 e. The highest BCUT2D eigenvalue weighted by molar-refractivity contribution is 4.97. The molecular formula is C7H13NO3. The quantitative estimate of drug-likeness (QED) is 0.316. The fourth-order valence-corrected chi connectivity index (χ4v) is 0.984. The van der Waals surface area contributed by atoms with Gasteiger partial charge >= 0.3 is 0 Å². The first-order chi connectivity index (χ1) is 5.22. The maximum absolute atomic E-state index is 9.16. The zero-order chi connectivity index (χ0) is 8.27. The van der Waals surface area contributed by atoms with E-state index < -0.39 is 18.3 Å². The number of rotatable bonds is 0. The molecule has 0 fully saturated rings. The number of nitrogens with one attached hydrogen (secondary N) is 1. The predicted octanol–water partition coefficient (Wildman–Crippen LogP) is -1.77. The van der Waals surface area contributed by atoms with Gasteiger partial charge in [-0.25, -0.2) is 0 Å². The van der Waals surface area contributed by atoms with E-state index in [2.05, 4.69) is 5.32 Å². The maximum atomic E-state index is 9.16. The average molecular weight is 159 g/mol. The van der Waals surface area contributed by atoms with E-state index in [9.17, 15) is 0 Å². The van der Waals surface area contributed by atoms with E-state index in [1.54, 1.807) is 6.08 Å². The van der Waals surface area contributed by atoms with Crippen LogP contribution in [0.4, 0.5) is 0 Å². The number of aliphatic hydroxyl groups excluding tert-OH is 3. The molecule has 0 aromatic heterocycles. The molecule has 1 aliphatic heterocycles. The molecule has 0 radical (unpaired) electrons. The second-order valence-corrected chi connectivity index (χ2v) is 2.63. The van der Waals surface area contributed by atoms with Gasteiger partial charge in [-0.05, 0) is 0 Å². The summed E-state index contributed by atoms with van der Waals surface area (Å²) in [6.07, 6.45) is 0.265. The van der Waals surface area contributed by atoms with Crippen LogP contribution in [-0.2, 0) is 0 Å². The van der Waals surface area contributed by atoms with Gasteiger partial charge in [-0.15, -0.1) is 0 Å². The molecule has 0 bridgehead atoms. The van der Waals surface area contributed by atoms with Crippen LogP contribution in [0, 0.1) is 0 Å². The van der Waals surface area contributed by atoms with Gasteiger partial charge in [0.15, 0.2) is 0 Å². The SMILES string of the molecule is O[C@H]1[C@H](O)/C=C\CNC[C@@H]1O. The molecule has 0 spiro atoms. The van der Waals surface area contributed by atoms with Gasteiger partial charge in [0.05, 0.1) is 6.10 Å². The average Bonchev–Trinajstić information content (AvgIpc) is 2.00. The van der Waals surface area contributed by atoms with E-state index >= 15 is 0 Å². The van der Waals surface area contributed by atoms with Crippen molar-refractivity contribution >= 4 is 0 Å². The lowest BCUT2D eigenvalue weighted by Gasteiger charge is -2.22. The Labute approximate surface area is 65.2 Å². The van der Waals surface area contributed by atoms with E-state index in [1.165, 1.54) is 6.08 Å². The zero-order valence-electron chi connectivity index (χ0n) is 6.14. The normalized spacial score (nSPS) is 42.6. The summed E-state index contributed by atoms with van der Waals surface area (Å²) in [4.78, 5) is 0. The number of hydrogen-bond acceptors (Lipinski definition) is 4. The Kier molecular flexibility index (Phi) is 3.02. The summed E-state index contributed by atoms with van der Waals surface area (Å²) in [5.74, 6) is 0. The molecule has 1 heterocycles. The van der Waals surface area contributed by atoms with E-state index in [4.69, 9.17) is 15.3 Å². The molecule has 0 aromatic rings. The van der Waals surface area contributed by atoms with Gasteiger partial charge in [0, 0.05) is 13.1 Å². The molecule has 0 saturated heterocycles. The van der Waals surface area contributed by atoms with Crippen molar-refractivity contribution in [1.82, 2.24) is 5.32 Å². The molecule has 3 atom stereocenters. The minimum atomic E-state index is -1.08. The van der Waals surface area contributed by atoms with Crippen molar-refractivity contribution in [3.05, 3.63) is 12.2 Å². The third-order valence-electron chi connectivity index (χ3n) is 1.69. The summed E-state index contributed by atoms with van der Waals surface area (Å²) < 4.78 is 0. The Balaban J connectivity index is 2.57. The van der Waals surface area contributed by atoms with E-state index in [0.29, 0.717) is 13.1 Å². The van der Waals surface area contributed by atoms with Crippen LogP contribution in [0.15, 0.2) is 12.2 Å². The molecule has 1 rings (SSSR count). The van der Waals surface area contributed by atoms with Crippen molar-refractivity contribution in [2.75, 3.05) is 13.1 Å². The van der Waals surface area contributed by atoms with Crippen LogP contribution in [0.3, 0.4) is 0 Å². The number of hydrogen-bond donors (Lipinski definition) is 4. The fourth-order valence-electron chi connectivity index (χ4n) is 0.984. The van der Waals surface area contributed by atoms with Crippen molar-refractivity contribution in [1.29, 1.82) is 0 Å². The Bertz CT molecular complexity index is 149. The van der Waals surface area contributed by atoms with Gasteiger partial charge in [0.25, 0.3) is 0 Å². The monoisotopic (exact) mass is 159 g/mol. The lowest BCUT2D eigenvalue weighted by molar-refractivity contribution is -0.0409. The van der Waals surface area contributed by atoms with Crippen LogP contribution in [0.2, 0.25) is 0 Å². The first-order valence-corrected chi connectivity index (χ1v) is 3.63. The summed E-state index contributed by atoms with van der Waals surface area (Å²) >= 11 is 0. The highest BCUT2D eigenvalue weighted by Crippen LogP contribution is 2.02. The van der Waals surface area contributed by atoms with Crippen LogP contribution < -0.4 is 5.32 Å². The Morgan fingerprint density at radius 3 is 2.73 bits per heavy atom. The number of aliphatic hydroxyl groups is 3. The third-order valence-corrected chi connectivity index (χ3v) is 1.69. The Hall–Kier alpha value is -0.420. The van der Waals surface area contributed by atoms with E-state index in [-0.39, 0.29) is 0 Å². The van der Waals surface area contributed by atoms with Gasteiger partial charge in [-0.1, -0.05) is 12.2 Å². The second-order valence-electron chi connectivity index (χ2n) is 2.63. The highest BCUT2D eigenvalue weighted by Gasteiger charge is 2.22. The summed E-state index contributed by atoms with van der Waals surface area (Å²) in [6.45, 7) is 0.920. The molecule has 0 aromatic carbocycles. The van der Waals surface area contributed by atoms with Crippen molar-refractivity contribution < 1.29 is 15.3 Å². The highest BCUT2D eigenvalue weighted by atomic mass is 16.4. The van der Waals surface area contributed by atoms with Crippen LogP contribution in [0.1, 0.15) is 0 Å². The Morgan fingerprint density at radius 2 is 2.00 bits per heavy atom. The molecule has 0 amide bonds. The second kappa shape index (κ2) is 3.82. The van der Waals surface area contributed by atoms with Gasteiger partial charge < -0.3 is 20.6 Å². The number of β-amino-alcohol motifs (C(OH)–C–C–N with tert-alkyl or cyclic N) is 1. The van der Waals surface area contributed by atoms with Crippen LogP contribution in [-0.4, -0.2) is 46.7 Å². The van der Waals surface area contributed by atoms with E-state index in [0.717, 1.165) is 0 Å². The molecular weight excluding hydrogens is 146 g/mol. The molecule has 11 heavy (non-hydrogen) atoms. The topological polar surface area (TPSA) is 72.7 Å². The summed E-state index contributed by atoms with van der Waals surface area (Å²) in [6, 6.07) is 0. The zero-order valence-corrected chi connectivity index (χ0v) is 6.14. The van der Waals surface area contributed by atoms with Crippen LogP contribution in [0.5, 0.6) is 0 Å². The van der Waals surface area contributed by atoms with Gasteiger partial charge in [-0.2, -0.15) is 0 Å². The summed E-state index contributed by atoms with van der Waals surface area (Å²) in [5.41, 5.74) is 0. The third kappa shape index (κ3) is 2.27. The molecule has 0 unspecified atom stereocenters. The van der Waals surface area contributed by atoms with Gasteiger partial charge in [-0.3, -0.25) is 0 Å². The summed E-state index contributed by atoms with van der Waals surface area (Å²) in [7, 11) is 0. The molecule has 4 heteroatoms. The lowest BCUT2D eigenvalue weighted by atomic mass is 10.1. The summed E-state index contributed by atoms with van der Waals surface area (Å²) in [5, 5.41) is 30.3. The lowest BCUT2D eigenvalue weighted by Crippen LogP contribution is -2.44. The van der Waals surface area contributed by atoms with Crippen molar-refractivity contribution in [2.45, 2.75) is 18.3 Å². The first kappa shape index (κ1) is 8.67. The van der Waals surface area contributed by atoms with Crippen LogP contribution in [0.25, 0.3) is 0 Å². The van der Waals surface area contributed by atoms with Crippen molar-refractivity contribution in [2.24, 2.45) is 0 Å². The van der Waals surface area contributed by atoms with Crippen molar-refractivity contribution in [3.63, 3.8) is 0 Å². The molecule has 0 saturated carbocycles. The molecule has 1 aliphatic rings. The van der Waals surface area contributed by atoms with Gasteiger partial charge in [0.1, 0.15) is 12.2 Å². The first-order valence-electron chi connectivity index (χ1n) is 3.63. The molecule has 4 nitrogen and oxygen atoms in total. The van der Waals surface area contributed by atoms with Gasteiger partial charge in [0.2, 0.25) is 0 Å². The predicted molar refractivity (Wildman–Crippen MR) is 40.0 cm³/mol.